The molecule has 0 aliphatic carbocycles. The number of hydrogen-bond acceptors (Lipinski definition) is 5. The molecule has 0 saturated heterocycles. The van der Waals surface area contributed by atoms with Crippen LogP contribution in [0.25, 0.3) is 11.4 Å². The van der Waals surface area contributed by atoms with Gasteiger partial charge >= 0.3 is 5.97 Å². The van der Waals surface area contributed by atoms with Gasteiger partial charge in [0.15, 0.2) is 6.61 Å². The lowest BCUT2D eigenvalue weighted by Gasteiger charge is -2.04. The average Bonchev–Trinajstić information content (AvgIpc) is 3.02. The maximum Gasteiger partial charge on any atom is 0.340 e. The predicted octanol–water partition coefficient (Wildman–Crippen LogP) is 4.71. The molecular weight excluding hydrogens is 351 g/mol. The minimum atomic E-state index is -0.591. The van der Waals surface area contributed by atoms with E-state index in [1.807, 2.05) is 31.2 Å². The molecule has 0 spiro atoms. The first kappa shape index (κ1) is 16.5. The Kier molecular flexibility index (Phi) is 4.83. The largest absolute Gasteiger partial charge is 0.452 e. The summed E-state index contributed by atoms with van der Waals surface area (Å²) in [5.74, 6) is 0.0429. The average molecular weight is 363 g/mol. The van der Waals surface area contributed by atoms with E-state index in [-0.39, 0.29) is 23.1 Å². The maximum absolute atomic E-state index is 12.0. The quantitative estimate of drug-likeness (QED) is 0.628. The van der Waals surface area contributed by atoms with Crippen LogP contribution >= 0.6 is 23.2 Å². The molecule has 1 aromatic heterocycles. The normalized spacial score (nSPS) is 10.6. The highest BCUT2D eigenvalue weighted by atomic mass is 35.5. The molecule has 3 rings (SSSR count). The molecule has 0 aliphatic heterocycles. The molecule has 0 unspecified atom stereocenters. The van der Waals surface area contributed by atoms with E-state index in [0.29, 0.717) is 10.8 Å². The molecule has 1 heterocycles. The summed E-state index contributed by atoms with van der Waals surface area (Å²) in [5.41, 5.74) is 2.18. The number of rotatable bonds is 4. The third-order valence-electron chi connectivity index (χ3n) is 3.26. The Balaban J connectivity index is 1.67. The molecule has 0 bridgehead atoms. The third-order valence-corrected chi connectivity index (χ3v) is 3.80. The molecule has 0 atom stereocenters. The summed E-state index contributed by atoms with van der Waals surface area (Å²) in [6, 6.07) is 12.2. The van der Waals surface area contributed by atoms with Gasteiger partial charge in [0.05, 0.1) is 10.6 Å². The van der Waals surface area contributed by atoms with Crippen LogP contribution in [-0.2, 0) is 11.3 Å². The van der Waals surface area contributed by atoms with E-state index in [4.69, 9.17) is 32.5 Å². The van der Waals surface area contributed by atoms with Gasteiger partial charge in [-0.25, -0.2) is 4.79 Å². The van der Waals surface area contributed by atoms with Crippen LogP contribution in [0.2, 0.25) is 10.0 Å². The number of halogens is 2. The molecular formula is C17H12Cl2N2O3. The molecule has 7 heteroatoms. The molecule has 0 radical (unpaired) electrons. The van der Waals surface area contributed by atoms with Crippen LogP contribution in [0, 0.1) is 6.92 Å². The Morgan fingerprint density at radius 2 is 1.92 bits per heavy atom. The van der Waals surface area contributed by atoms with Crippen molar-refractivity contribution in [3.63, 3.8) is 0 Å². The van der Waals surface area contributed by atoms with Crippen LogP contribution in [0.3, 0.4) is 0 Å². The Hall–Kier alpha value is -2.37. The second-order valence-corrected chi connectivity index (χ2v) is 5.92. The summed E-state index contributed by atoms with van der Waals surface area (Å²) in [4.78, 5) is 16.2. The zero-order valence-electron chi connectivity index (χ0n) is 12.6. The summed E-state index contributed by atoms with van der Waals surface area (Å²) >= 11 is 11.8. The van der Waals surface area contributed by atoms with Crippen LogP contribution in [0.4, 0.5) is 0 Å². The van der Waals surface area contributed by atoms with Gasteiger partial charge in [-0.15, -0.1) is 0 Å². The number of esters is 1. The topological polar surface area (TPSA) is 65.2 Å². The molecule has 5 nitrogen and oxygen atoms in total. The van der Waals surface area contributed by atoms with Crippen LogP contribution in [0.1, 0.15) is 21.8 Å². The van der Waals surface area contributed by atoms with Crippen molar-refractivity contribution in [3.05, 3.63) is 69.5 Å². The van der Waals surface area contributed by atoms with Crippen LogP contribution in [-0.4, -0.2) is 16.1 Å². The first-order chi connectivity index (χ1) is 11.5. The van der Waals surface area contributed by atoms with Crippen molar-refractivity contribution in [1.82, 2.24) is 10.1 Å². The van der Waals surface area contributed by atoms with Crippen molar-refractivity contribution >= 4 is 29.2 Å². The minimum absolute atomic E-state index is 0.142. The molecule has 0 amide bonds. The van der Waals surface area contributed by atoms with Gasteiger partial charge < -0.3 is 9.26 Å². The van der Waals surface area contributed by atoms with Crippen molar-refractivity contribution < 1.29 is 14.1 Å². The standard InChI is InChI=1S/C17H12Cl2N2O3/c1-10-2-4-11(5-3-10)16-20-15(24-21-16)9-23-17(22)13-7-6-12(18)8-14(13)19/h2-8H,9H2,1H3. The van der Waals surface area contributed by atoms with Gasteiger partial charge in [0.25, 0.3) is 5.89 Å². The summed E-state index contributed by atoms with van der Waals surface area (Å²) in [6.45, 7) is 1.85. The molecule has 0 fully saturated rings. The lowest BCUT2D eigenvalue weighted by Crippen LogP contribution is -2.06. The number of aromatic nitrogens is 2. The number of ether oxygens (including phenoxy) is 1. The maximum atomic E-state index is 12.0. The minimum Gasteiger partial charge on any atom is -0.452 e. The molecule has 3 aromatic rings. The van der Waals surface area contributed by atoms with Gasteiger partial charge in [-0.3, -0.25) is 0 Å². The van der Waals surface area contributed by atoms with E-state index in [1.165, 1.54) is 12.1 Å². The first-order valence-corrected chi connectivity index (χ1v) is 7.80. The lowest BCUT2D eigenvalue weighted by molar-refractivity contribution is 0.0430. The fourth-order valence-corrected chi connectivity index (χ4v) is 2.48. The number of benzene rings is 2. The van der Waals surface area contributed by atoms with Crippen molar-refractivity contribution in [2.24, 2.45) is 0 Å². The van der Waals surface area contributed by atoms with E-state index < -0.39 is 5.97 Å². The van der Waals surface area contributed by atoms with Gasteiger partial charge in [0.2, 0.25) is 5.82 Å². The smallest absolute Gasteiger partial charge is 0.340 e. The van der Waals surface area contributed by atoms with Gasteiger partial charge in [-0.05, 0) is 25.1 Å². The molecule has 24 heavy (non-hydrogen) atoms. The second-order valence-electron chi connectivity index (χ2n) is 5.08. The monoisotopic (exact) mass is 362 g/mol. The first-order valence-electron chi connectivity index (χ1n) is 7.05. The highest BCUT2D eigenvalue weighted by Gasteiger charge is 2.15. The summed E-state index contributed by atoms with van der Waals surface area (Å²) in [7, 11) is 0. The van der Waals surface area contributed by atoms with Crippen molar-refractivity contribution in [2.75, 3.05) is 0 Å². The van der Waals surface area contributed by atoms with Crippen molar-refractivity contribution in [2.45, 2.75) is 13.5 Å². The summed E-state index contributed by atoms with van der Waals surface area (Å²) in [6.07, 6.45) is 0. The summed E-state index contributed by atoms with van der Waals surface area (Å²) < 4.78 is 10.2. The van der Waals surface area contributed by atoms with Gasteiger partial charge in [0.1, 0.15) is 0 Å². The van der Waals surface area contributed by atoms with Crippen molar-refractivity contribution in [3.8, 4) is 11.4 Å². The number of carbonyl (C=O) groups excluding carboxylic acids is 1. The molecule has 0 aliphatic rings. The zero-order valence-corrected chi connectivity index (χ0v) is 14.1. The van der Waals surface area contributed by atoms with E-state index in [1.54, 1.807) is 6.07 Å². The Morgan fingerprint density at radius 3 is 2.62 bits per heavy atom. The zero-order chi connectivity index (χ0) is 17.1. The SMILES string of the molecule is Cc1ccc(-c2noc(COC(=O)c3ccc(Cl)cc3Cl)n2)cc1. The Labute approximate surface area is 148 Å². The van der Waals surface area contributed by atoms with Crippen LogP contribution in [0.15, 0.2) is 47.0 Å². The van der Waals surface area contributed by atoms with E-state index in [9.17, 15) is 4.79 Å². The van der Waals surface area contributed by atoms with Crippen LogP contribution in [0.5, 0.6) is 0 Å². The van der Waals surface area contributed by atoms with E-state index in [0.717, 1.165) is 11.1 Å². The van der Waals surface area contributed by atoms with Crippen molar-refractivity contribution in [1.29, 1.82) is 0 Å². The predicted molar refractivity (Wildman–Crippen MR) is 90.1 cm³/mol. The number of nitrogens with zero attached hydrogens (tertiary/aromatic N) is 2. The number of hydrogen-bond donors (Lipinski definition) is 0. The fraction of sp³-hybridized carbons (Fsp3) is 0.118. The fourth-order valence-electron chi connectivity index (χ4n) is 1.99. The lowest BCUT2D eigenvalue weighted by atomic mass is 10.1. The molecule has 2 aromatic carbocycles. The Morgan fingerprint density at radius 1 is 1.17 bits per heavy atom. The van der Waals surface area contributed by atoms with E-state index in [2.05, 4.69) is 10.1 Å². The number of aryl methyl sites for hydroxylation is 1. The molecule has 0 saturated carbocycles. The Bertz CT molecular complexity index is 876. The third kappa shape index (κ3) is 3.75. The van der Waals surface area contributed by atoms with Crippen LogP contribution < -0.4 is 0 Å². The summed E-state index contributed by atoms with van der Waals surface area (Å²) in [5, 5.41) is 4.54. The highest BCUT2D eigenvalue weighted by molar-refractivity contribution is 6.36. The molecule has 0 N–H and O–H groups in total. The second kappa shape index (κ2) is 7.03. The van der Waals surface area contributed by atoms with Gasteiger partial charge in [0, 0.05) is 10.6 Å². The van der Waals surface area contributed by atoms with E-state index >= 15 is 0 Å². The van der Waals surface area contributed by atoms with Gasteiger partial charge in [-0.1, -0.05) is 58.2 Å². The molecule has 122 valence electrons. The van der Waals surface area contributed by atoms with Gasteiger partial charge in [-0.2, -0.15) is 4.98 Å². The highest BCUT2D eigenvalue weighted by Crippen LogP contribution is 2.22. The number of carbonyl (C=O) groups is 1.